The minimum Gasteiger partial charge on any atom is -0.390 e. The first-order valence-corrected chi connectivity index (χ1v) is 8.75. The summed E-state index contributed by atoms with van der Waals surface area (Å²) in [4.78, 5) is 10.1. The van der Waals surface area contributed by atoms with E-state index in [1.165, 1.54) is 0 Å². The van der Waals surface area contributed by atoms with Crippen molar-refractivity contribution < 1.29 is 35.6 Å². The molecule has 0 amide bonds. The molecule has 0 bridgehead atoms. The molecule has 0 aliphatic rings. The Morgan fingerprint density at radius 2 is 1.23 bits per heavy atom. The normalized spacial score (nSPS) is 12.0. The van der Waals surface area contributed by atoms with Crippen LogP contribution in [0.2, 0.25) is 6.04 Å². The van der Waals surface area contributed by atoms with Gasteiger partial charge in [0.15, 0.2) is 23.3 Å². The average molecular weight is 344 g/mol. The maximum Gasteiger partial charge on any atom is 0.498 e. The molecule has 22 heavy (non-hydrogen) atoms. The molecule has 1 aromatic rings. The van der Waals surface area contributed by atoms with Gasteiger partial charge in [0.2, 0.25) is 5.82 Å². The van der Waals surface area contributed by atoms with Crippen LogP contribution in [0, 0.1) is 29.1 Å². The number of halogens is 5. The fourth-order valence-electron chi connectivity index (χ4n) is 2.00. The second-order valence-corrected chi connectivity index (χ2v) is 6.98. The molecule has 1 aromatic carbocycles. The lowest BCUT2D eigenvalue weighted by atomic mass is 10.1. The molecule has 0 heterocycles. The van der Waals surface area contributed by atoms with Gasteiger partial charge >= 0.3 is 8.80 Å². The molecule has 0 aromatic heterocycles. The predicted octanol–water partition coefficient (Wildman–Crippen LogP) is 3.32. The molecule has 0 spiro atoms. The van der Waals surface area contributed by atoms with E-state index in [1.54, 1.807) is 13.8 Å². The molecule has 0 aliphatic carbocycles. The topological polar surface area (TPSA) is 38.7 Å². The summed E-state index contributed by atoms with van der Waals surface area (Å²) in [6, 6.07) is -0.0474. The van der Waals surface area contributed by atoms with Crippen LogP contribution >= 0.6 is 0 Å². The van der Waals surface area contributed by atoms with Crippen LogP contribution in [0.4, 0.5) is 22.0 Å². The number of rotatable bonds is 8. The van der Waals surface area contributed by atoms with Crippen molar-refractivity contribution in [3.63, 3.8) is 0 Å². The van der Waals surface area contributed by atoms with Gasteiger partial charge < -0.3 is 13.6 Å². The van der Waals surface area contributed by atoms with Gasteiger partial charge in [0.05, 0.1) is 0 Å². The van der Waals surface area contributed by atoms with E-state index >= 15 is 0 Å². The van der Waals surface area contributed by atoms with Crippen LogP contribution in [0.15, 0.2) is 0 Å². The zero-order valence-corrected chi connectivity index (χ0v) is 13.2. The summed E-state index contributed by atoms with van der Waals surface area (Å²) in [7, 11) is -3.48. The molecule has 0 radical (unpaired) electrons. The summed E-state index contributed by atoms with van der Waals surface area (Å²) in [5, 5.41) is 0. The van der Waals surface area contributed by atoms with Crippen molar-refractivity contribution in [3.05, 3.63) is 34.6 Å². The van der Waals surface area contributed by atoms with Crippen molar-refractivity contribution in [2.45, 2.75) is 32.7 Å². The number of hydrogen-bond acceptors (Lipinski definition) is 3. The summed E-state index contributed by atoms with van der Waals surface area (Å²) >= 11 is 0. The van der Waals surface area contributed by atoms with Crippen LogP contribution in [0.5, 0.6) is 0 Å². The average Bonchev–Trinajstić information content (AvgIpc) is 2.47. The zero-order chi connectivity index (χ0) is 16.9. The van der Waals surface area contributed by atoms with Gasteiger partial charge in [0, 0.05) is 24.8 Å². The molecule has 1 rings (SSSR count). The monoisotopic (exact) mass is 344 g/mol. The first-order valence-electron chi connectivity index (χ1n) is 6.78. The molecule has 0 saturated heterocycles. The Morgan fingerprint density at radius 3 is 1.64 bits per heavy atom. The van der Waals surface area contributed by atoms with Crippen LogP contribution in [0.3, 0.4) is 0 Å². The third-order valence-corrected chi connectivity index (χ3v) is 5.42. The van der Waals surface area contributed by atoms with Gasteiger partial charge in [0.25, 0.3) is 0 Å². The zero-order valence-electron chi connectivity index (χ0n) is 12.2. The van der Waals surface area contributed by atoms with E-state index in [4.69, 9.17) is 8.85 Å². The number of benzene rings is 1. The highest BCUT2D eigenvalue weighted by atomic mass is 28.4. The van der Waals surface area contributed by atoms with E-state index in [2.05, 4.69) is 0 Å². The Bertz CT molecular complexity index is 492. The maximum atomic E-state index is 13.5. The standard InChI is InChI=1S/C13H17F5O3Si/c1-3-20-22(19,21-4-2)7-5-6-8-9(14)11(16)13(18)12(17)10(8)15/h19H,3-7H2,1-2H3. The molecule has 0 atom stereocenters. The van der Waals surface area contributed by atoms with E-state index in [9.17, 15) is 26.7 Å². The Kier molecular flexibility index (Phi) is 6.91. The quantitative estimate of drug-likeness (QED) is 0.340. The third-order valence-electron chi connectivity index (χ3n) is 2.96. The van der Waals surface area contributed by atoms with Gasteiger partial charge in [-0.1, -0.05) is 0 Å². The second-order valence-electron chi connectivity index (χ2n) is 4.48. The predicted molar refractivity (Wildman–Crippen MR) is 70.6 cm³/mol. The molecule has 0 aliphatic heterocycles. The third kappa shape index (κ3) is 4.25. The Balaban J connectivity index is 2.85. The molecule has 9 heteroatoms. The van der Waals surface area contributed by atoms with Gasteiger partial charge in [-0.25, -0.2) is 22.0 Å². The van der Waals surface area contributed by atoms with Crippen LogP contribution in [-0.4, -0.2) is 26.8 Å². The van der Waals surface area contributed by atoms with E-state index < -0.39 is 49.9 Å². The second kappa shape index (κ2) is 8.00. The van der Waals surface area contributed by atoms with Gasteiger partial charge in [0.1, 0.15) is 0 Å². The summed E-state index contributed by atoms with van der Waals surface area (Å²) < 4.78 is 76.2. The first kappa shape index (κ1) is 19.0. The lowest BCUT2D eigenvalue weighted by Gasteiger charge is -2.22. The highest BCUT2D eigenvalue weighted by molar-refractivity contribution is 6.59. The Morgan fingerprint density at radius 1 is 0.818 bits per heavy atom. The van der Waals surface area contributed by atoms with Gasteiger partial charge in [-0.2, -0.15) is 0 Å². The smallest absolute Gasteiger partial charge is 0.390 e. The van der Waals surface area contributed by atoms with Crippen molar-refractivity contribution in [2.75, 3.05) is 13.2 Å². The van der Waals surface area contributed by atoms with Crippen molar-refractivity contribution in [1.82, 2.24) is 0 Å². The molecule has 1 N–H and O–H groups in total. The minimum absolute atomic E-state index is 0.0406. The largest absolute Gasteiger partial charge is 0.498 e. The lowest BCUT2D eigenvalue weighted by molar-refractivity contribution is 0.108. The fraction of sp³-hybridized carbons (Fsp3) is 0.538. The molecule has 126 valence electrons. The Labute approximate surface area is 126 Å². The van der Waals surface area contributed by atoms with Crippen LogP contribution < -0.4 is 0 Å². The van der Waals surface area contributed by atoms with Gasteiger partial charge in [-0.15, -0.1) is 0 Å². The van der Waals surface area contributed by atoms with Gasteiger partial charge in [-0.3, -0.25) is 0 Å². The maximum absolute atomic E-state index is 13.5. The van der Waals surface area contributed by atoms with Crippen LogP contribution in [0.1, 0.15) is 25.8 Å². The van der Waals surface area contributed by atoms with E-state index in [0.717, 1.165) is 0 Å². The highest BCUT2D eigenvalue weighted by Gasteiger charge is 2.36. The summed E-state index contributed by atoms with van der Waals surface area (Å²) in [6.45, 7) is 3.65. The van der Waals surface area contributed by atoms with Crippen LogP contribution in [0.25, 0.3) is 0 Å². The Hall–Kier alpha value is -1.03. The van der Waals surface area contributed by atoms with E-state index in [0.29, 0.717) is 0 Å². The molecule has 0 fully saturated rings. The van der Waals surface area contributed by atoms with E-state index in [1.807, 2.05) is 0 Å². The number of hydrogen-bond donors (Lipinski definition) is 1. The van der Waals surface area contributed by atoms with Gasteiger partial charge in [-0.05, 0) is 26.7 Å². The van der Waals surface area contributed by atoms with E-state index in [-0.39, 0.29) is 25.7 Å². The van der Waals surface area contributed by atoms with Crippen molar-refractivity contribution in [3.8, 4) is 0 Å². The van der Waals surface area contributed by atoms with Crippen molar-refractivity contribution >= 4 is 8.80 Å². The minimum atomic E-state index is -3.48. The fourth-order valence-corrected chi connectivity index (χ4v) is 3.89. The van der Waals surface area contributed by atoms with Crippen LogP contribution in [-0.2, 0) is 15.3 Å². The molecule has 0 unspecified atom stereocenters. The van der Waals surface area contributed by atoms with Crippen molar-refractivity contribution in [1.29, 1.82) is 0 Å². The molecular formula is C13H17F5O3Si. The van der Waals surface area contributed by atoms with Crippen molar-refractivity contribution in [2.24, 2.45) is 0 Å². The molecular weight excluding hydrogens is 327 g/mol. The highest BCUT2D eigenvalue weighted by Crippen LogP contribution is 2.25. The summed E-state index contributed by atoms with van der Waals surface area (Å²) in [6.07, 6.45) is -0.470. The molecule has 0 saturated carbocycles. The SMILES string of the molecule is CCO[Si](O)(CCCc1c(F)c(F)c(F)c(F)c1F)OCC. The summed E-state index contributed by atoms with van der Waals surface area (Å²) in [5.41, 5.74) is -0.902. The molecule has 3 nitrogen and oxygen atoms in total. The summed E-state index contributed by atoms with van der Waals surface area (Å²) in [5.74, 6) is -9.84. The lowest BCUT2D eigenvalue weighted by Crippen LogP contribution is -2.42. The first-order chi connectivity index (χ1) is 10.3.